The fraction of sp³-hybridized carbons (Fsp3) is 0. The molecule has 0 aliphatic heterocycles. The number of anilines is 3. The van der Waals surface area contributed by atoms with Crippen molar-refractivity contribution in [3.05, 3.63) is 231 Å². The zero-order valence-corrected chi connectivity index (χ0v) is 31.8. The smallest absolute Gasteiger partial charge is 0.0547 e. The van der Waals surface area contributed by atoms with Crippen molar-refractivity contribution in [1.29, 1.82) is 0 Å². The molecule has 0 aliphatic carbocycles. The summed E-state index contributed by atoms with van der Waals surface area (Å²) in [5, 5.41) is 7.49. The third-order valence-corrected chi connectivity index (χ3v) is 11.6. The summed E-state index contributed by atoms with van der Waals surface area (Å²) < 4.78 is 2.39. The van der Waals surface area contributed by atoms with Gasteiger partial charge >= 0.3 is 0 Å². The normalized spacial score (nSPS) is 11.4. The summed E-state index contributed by atoms with van der Waals surface area (Å²) in [5.41, 5.74) is 14.0. The van der Waals surface area contributed by atoms with Gasteiger partial charge in [-0.1, -0.05) is 170 Å². The van der Waals surface area contributed by atoms with Crippen molar-refractivity contribution in [2.75, 3.05) is 4.90 Å². The van der Waals surface area contributed by atoms with Crippen LogP contribution in [0.15, 0.2) is 231 Å². The molecule has 0 aliphatic rings. The van der Waals surface area contributed by atoms with E-state index in [2.05, 4.69) is 240 Å². The second-order valence-electron chi connectivity index (χ2n) is 14.9. The zero-order valence-electron chi connectivity index (χ0n) is 31.8. The first kappa shape index (κ1) is 33.6. The highest BCUT2D eigenvalue weighted by Gasteiger charge is 2.20. The summed E-state index contributed by atoms with van der Waals surface area (Å²) in [6.45, 7) is 0. The Bertz CT molecular complexity index is 3270. The van der Waals surface area contributed by atoms with Crippen molar-refractivity contribution in [3.63, 3.8) is 0 Å². The van der Waals surface area contributed by atoms with Gasteiger partial charge in [0.25, 0.3) is 0 Å². The van der Waals surface area contributed by atoms with E-state index in [0.29, 0.717) is 0 Å². The van der Waals surface area contributed by atoms with E-state index in [0.717, 1.165) is 33.9 Å². The predicted molar refractivity (Wildman–Crippen MR) is 247 cm³/mol. The molecule has 2 heteroatoms. The fourth-order valence-corrected chi connectivity index (χ4v) is 8.88. The van der Waals surface area contributed by atoms with E-state index in [4.69, 9.17) is 0 Å². The van der Waals surface area contributed by atoms with Gasteiger partial charge in [0, 0.05) is 33.4 Å². The van der Waals surface area contributed by atoms with Gasteiger partial charge in [0.1, 0.15) is 0 Å². The quantitative estimate of drug-likeness (QED) is 0.148. The zero-order chi connectivity index (χ0) is 38.4. The van der Waals surface area contributed by atoms with Gasteiger partial charge in [0.2, 0.25) is 0 Å². The van der Waals surface area contributed by atoms with Crippen LogP contribution in [0.2, 0.25) is 0 Å². The highest BCUT2D eigenvalue weighted by atomic mass is 15.1. The maximum atomic E-state index is 2.42. The average Bonchev–Trinajstić information content (AvgIpc) is 3.65. The lowest BCUT2D eigenvalue weighted by atomic mass is 9.94. The fourth-order valence-electron chi connectivity index (χ4n) is 8.88. The molecule has 272 valence electrons. The van der Waals surface area contributed by atoms with Crippen molar-refractivity contribution in [2.45, 2.75) is 0 Å². The van der Waals surface area contributed by atoms with Crippen molar-refractivity contribution in [2.24, 2.45) is 0 Å². The molecule has 0 fully saturated rings. The minimum Gasteiger partial charge on any atom is -0.310 e. The van der Waals surface area contributed by atoms with E-state index in [1.807, 2.05) is 0 Å². The summed E-state index contributed by atoms with van der Waals surface area (Å²) in [6.07, 6.45) is 0. The lowest BCUT2D eigenvalue weighted by Crippen LogP contribution is -2.11. The second-order valence-corrected chi connectivity index (χ2v) is 14.9. The van der Waals surface area contributed by atoms with E-state index in [1.54, 1.807) is 0 Å². The van der Waals surface area contributed by atoms with Crippen LogP contribution >= 0.6 is 0 Å². The van der Waals surface area contributed by atoms with Gasteiger partial charge in [-0.25, -0.2) is 0 Å². The average molecular weight is 739 g/mol. The first-order valence-electron chi connectivity index (χ1n) is 19.9. The molecule has 0 saturated carbocycles. The van der Waals surface area contributed by atoms with E-state index in [1.165, 1.54) is 65.6 Å². The van der Waals surface area contributed by atoms with E-state index in [9.17, 15) is 0 Å². The Hall–Kier alpha value is -7.68. The van der Waals surface area contributed by atoms with Crippen molar-refractivity contribution >= 4 is 60.4 Å². The molecule has 0 N–H and O–H groups in total. The van der Waals surface area contributed by atoms with Crippen LogP contribution in [0.25, 0.3) is 82.4 Å². The SMILES string of the molecule is c1ccc(-c2ccc(N(c3ccc4c(ccc5ccccc54)c3)c3ccccc3-c3cccc(-c4cccc5c4c4ccccc4n5-c4ccccc4)c3)cc2)cc1. The first-order chi connectivity index (χ1) is 28.8. The lowest BCUT2D eigenvalue weighted by Gasteiger charge is -2.28. The molecule has 0 bridgehead atoms. The highest BCUT2D eigenvalue weighted by Crippen LogP contribution is 2.44. The molecule has 58 heavy (non-hydrogen) atoms. The van der Waals surface area contributed by atoms with Gasteiger partial charge in [0.15, 0.2) is 0 Å². The molecular formula is C56H38N2. The maximum absolute atomic E-state index is 2.42. The van der Waals surface area contributed by atoms with Crippen molar-refractivity contribution in [3.8, 4) is 39.1 Å². The lowest BCUT2D eigenvalue weighted by molar-refractivity contribution is 1.18. The van der Waals surface area contributed by atoms with Gasteiger partial charge in [-0.05, 0) is 110 Å². The van der Waals surface area contributed by atoms with Crippen LogP contribution in [-0.2, 0) is 0 Å². The maximum Gasteiger partial charge on any atom is 0.0547 e. The summed E-state index contributed by atoms with van der Waals surface area (Å²) in [7, 11) is 0. The first-order valence-corrected chi connectivity index (χ1v) is 19.9. The van der Waals surface area contributed by atoms with Crippen LogP contribution in [0.1, 0.15) is 0 Å². The van der Waals surface area contributed by atoms with Crippen LogP contribution in [0.4, 0.5) is 17.1 Å². The summed E-state index contributed by atoms with van der Waals surface area (Å²) >= 11 is 0. The summed E-state index contributed by atoms with van der Waals surface area (Å²) in [4.78, 5) is 2.42. The topological polar surface area (TPSA) is 8.17 Å². The molecule has 1 heterocycles. The Balaban J connectivity index is 1.08. The van der Waals surface area contributed by atoms with Crippen LogP contribution in [-0.4, -0.2) is 4.57 Å². The number of para-hydroxylation sites is 3. The van der Waals surface area contributed by atoms with Crippen LogP contribution in [0, 0.1) is 0 Å². The monoisotopic (exact) mass is 738 g/mol. The molecule has 0 saturated heterocycles. The number of hydrogen-bond acceptors (Lipinski definition) is 1. The molecule has 0 atom stereocenters. The number of aromatic nitrogens is 1. The Morgan fingerprint density at radius 2 is 0.879 bits per heavy atom. The number of benzene rings is 10. The Labute approximate surface area is 338 Å². The Morgan fingerprint density at radius 1 is 0.310 bits per heavy atom. The molecular weight excluding hydrogens is 701 g/mol. The summed E-state index contributed by atoms with van der Waals surface area (Å²) in [6, 6.07) is 83.7. The molecule has 10 aromatic carbocycles. The molecule has 11 aromatic rings. The largest absolute Gasteiger partial charge is 0.310 e. The summed E-state index contributed by atoms with van der Waals surface area (Å²) in [5.74, 6) is 0. The highest BCUT2D eigenvalue weighted by molar-refractivity contribution is 6.16. The van der Waals surface area contributed by atoms with E-state index >= 15 is 0 Å². The molecule has 0 radical (unpaired) electrons. The molecule has 2 nitrogen and oxygen atoms in total. The minimum atomic E-state index is 1.10. The van der Waals surface area contributed by atoms with Gasteiger partial charge in [-0.3, -0.25) is 0 Å². The van der Waals surface area contributed by atoms with Crippen molar-refractivity contribution < 1.29 is 0 Å². The van der Waals surface area contributed by atoms with Crippen LogP contribution in [0.5, 0.6) is 0 Å². The Morgan fingerprint density at radius 3 is 1.72 bits per heavy atom. The predicted octanol–water partition coefficient (Wildman–Crippen LogP) is 15.6. The molecule has 0 amide bonds. The van der Waals surface area contributed by atoms with Gasteiger partial charge in [-0.2, -0.15) is 0 Å². The molecule has 0 unspecified atom stereocenters. The molecule has 11 rings (SSSR count). The van der Waals surface area contributed by atoms with Gasteiger partial charge < -0.3 is 9.47 Å². The van der Waals surface area contributed by atoms with E-state index < -0.39 is 0 Å². The minimum absolute atomic E-state index is 1.10. The van der Waals surface area contributed by atoms with Crippen LogP contribution < -0.4 is 4.90 Å². The van der Waals surface area contributed by atoms with Gasteiger partial charge in [0.05, 0.1) is 16.7 Å². The molecule has 0 spiro atoms. The second kappa shape index (κ2) is 14.1. The van der Waals surface area contributed by atoms with Crippen LogP contribution in [0.3, 0.4) is 0 Å². The number of rotatable bonds is 7. The standard InChI is InChI=1S/C56H38N2/c1-3-15-39(16-4-1)40-31-33-46(34-32-40)57(47-35-36-49-44(38-47)30-29-41-17-7-8-22-48(41)49)53-26-11-9-23-50(53)42-18-13-19-43(37-42)51-25-14-28-55-56(51)52-24-10-12-27-54(52)58(55)45-20-5-2-6-21-45/h1-38H. The number of hydrogen-bond donors (Lipinski definition) is 0. The number of fused-ring (bicyclic) bond motifs is 6. The van der Waals surface area contributed by atoms with Gasteiger partial charge in [-0.15, -0.1) is 0 Å². The van der Waals surface area contributed by atoms with Crippen molar-refractivity contribution in [1.82, 2.24) is 4.57 Å². The molecule has 1 aromatic heterocycles. The third-order valence-electron chi connectivity index (χ3n) is 11.6. The Kier molecular flexibility index (Phi) is 8.19. The third kappa shape index (κ3) is 5.74. The number of nitrogens with zero attached hydrogens (tertiary/aromatic N) is 2. The van der Waals surface area contributed by atoms with E-state index in [-0.39, 0.29) is 0 Å².